The van der Waals surface area contributed by atoms with Crippen molar-refractivity contribution in [1.82, 2.24) is 9.78 Å². The van der Waals surface area contributed by atoms with Gasteiger partial charge in [0.2, 0.25) is 0 Å². The Labute approximate surface area is 216 Å². The Balaban J connectivity index is 1.39. The second kappa shape index (κ2) is 10.2. The molecule has 0 amide bonds. The van der Waals surface area contributed by atoms with Gasteiger partial charge in [-0.3, -0.25) is 0 Å². The van der Waals surface area contributed by atoms with E-state index in [4.69, 9.17) is 14.3 Å². The number of nitrogens with zero attached hydrogens (tertiary/aromatic N) is 3. The maximum absolute atomic E-state index is 12.6. The summed E-state index contributed by atoms with van der Waals surface area (Å²) >= 11 is 0. The van der Waals surface area contributed by atoms with Crippen molar-refractivity contribution in [2.45, 2.75) is 18.7 Å². The third-order valence-electron chi connectivity index (χ3n) is 5.78. The number of hydrogen-bond acceptors (Lipinski definition) is 5. The summed E-state index contributed by atoms with van der Waals surface area (Å²) in [5, 5.41) is 4.80. The minimum atomic E-state index is -3.91. The van der Waals surface area contributed by atoms with E-state index in [-0.39, 0.29) is 10.6 Å². The Morgan fingerprint density at radius 3 is 2.05 bits per heavy atom. The topological polar surface area (TPSA) is 73.5 Å². The lowest BCUT2D eigenvalue weighted by atomic mass is 10.1. The van der Waals surface area contributed by atoms with Gasteiger partial charge >= 0.3 is 10.1 Å². The first-order chi connectivity index (χ1) is 17.9. The molecule has 0 bridgehead atoms. The van der Waals surface area contributed by atoms with Gasteiger partial charge in [-0.25, -0.2) is 9.67 Å². The normalized spacial score (nSPS) is 11.6. The average molecular weight is 508 g/mol. The average Bonchev–Trinajstić information content (AvgIpc) is 3.33. The van der Waals surface area contributed by atoms with Gasteiger partial charge in [-0.2, -0.15) is 13.5 Å². The molecule has 0 spiro atoms. The first kappa shape index (κ1) is 24.2. The quantitative estimate of drug-likeness (QED) is 0.182. The molecule has 6 nitrogen and oxygen atoms in total. The van der Waals surface area contributed by atoms with Crippen molar-refractivity contribution >= 4 is 22.2 Å². The van der Waals surface area contributed by atoms with Crippen molar-refractivity contribution in [3.8, 4) is 22.7 Å². The van der Waals surface area contributed by atoms with E-state index in [2.05, 4.69) is 19.1 Å². The maximum Gasteiger partial charge on any atom is 0.339 e. The largest absolute Gasteiger partial charge is 0.379 e. The third-order valence-corrected chi connectivity index (χ3v) is 7.04. The summed E-state index contributed by atoms with van der Waals surface area (Å²) in [6.07, 6.45) is 1.72. The van der Waals surface area contributed by atoms with Gasteiger partial charge in [-0.05, 0) is 67.9 Å². The van der Waals surface area contributed by atoms with E-state index >= 15 is 0 Å². The molecule has 7 heteroatoms. The highest BCUT2D eigenvalue weighted by atomic mass is 32.2. The second-order valence-corrected chi connectivity index (χ2v) is 10.2. The van der Waals surface area contributed by atoms with Crippen molar-refractivity contribution in [2.75, 3.05) is 0 Å². The first-order valence-electron chi connectivity index (χ1n) is 11.8. The third kappa shape index (κ3) is 5.68. The van der Waals surface area contributed by atoms with Crippen LogP contribution in [0.25, 0.3) is 16.9 Å². The lowest BCUT2D eigenvalue weighted by molar-refractivity contribution is 0.486. The lowest BCUT2D eigenvalue weighted by Gasteiger charge is -2.07. The van der Waals surface area contributed by atoms with Crippen molar-refractivity contribution in [3.63, 3.8) is 0 Å². The number of aliphatic imine (C=N–C) groups is 1. The zero-order valence-corrected chi connectivity index (χ0v) is 21.3. The Morgan fingerprint density at radius 2 is 1.41 bits per heavy atom. The summed E-state index contributed by atoms with van der Waals surface area (Å²) in [7, 11) is -3.91. The van der Waals surface area contributed by atoms with E-state index in [1.165, 1.54) is 17.7 Å². The highest BCUT2D eigenvalue weighted by molar-refractivity contribution is 7.87. The molecule has 0 fully saturated rings. The van der Waals surface area contributed by atoms with E-state index in [1.54, 1.807) is 47.3 Å². The van der Waals surface area contributed by atoms with Crippen molar-refractivity contribution < 1.29 is 12.6 Å². The smallest absolute Gasteiger partial charge is 0.339 e. The standard InChI is InChI=1S/C30H25N3O3S/c1-22-8-14-25(15-9-22)29-20-30(33(32-29)26-6-4-3-5-7-26)31-21-24-12-16-27(17-13-24)36-37(34,35)28-18-10-23(2)11-19-28/h3-21H,1-2H3. The maximum atomic E-state index is 12.6. The molecule has 5 aromatic rings. The zero-order valence-electron chi connectivity index (χ0n) is 20.4. The number of rotatable bonds is 7. The van der Waals surface area contributed by atoms with Gasteiger partial charge in [0.15, 0.2) is 5.82 Å². The molecule has 0 aliphatic heterocycles. The van der Waals surface area contributed by atoms with Crippen LogP contribution in [0.15, 0.2) is 119 Å². The van der Waals surface area contributed by atoms with Crippen LogP contribution in [0.4, 0.5) is 5.82 Å². The second-order valence-electron chi connectivity index (χ2n) is 8.68. The molecule has 0 saturated heterocycles. The Kier molecular flexibility index (Phi) is 6.70. The van der Waals surface area contributed by atoms with Crippen LogP contribution in [0, 0.1) is 13.8 Å². The first-order valence-corrected chi connectivity index (χ1v) is 13.2. The molecule has 4 aromatic carbocycles. The predicted octanol–water partition coefficient (Wildman–Crippen LogP) is 6.67. The minimum absolute atomic E-state index is 0.113. The molecule has 0 radical (unpaired) electrons. The van der Waals surface area contributed by atoms with Gasteiger partial charge in [0.1, 0.15) is 10.6 Å². The summed E-state index contributed by atoms with van der Waals surface area (Å²) in [6, 6.07) is 33.3. The molecular weight excluding hydrogens is 482 g/mol. The molecule has 5 rings (SSSR count). The highest BCUT2D eigenvalue weighted by Gasteiger charge is 2.16. The fourth-order valence-electron chi connectivity index (χ4n) is 3.72. The Hall–Kier alpha value is -4.49. The molecule has 0 unspecified atom stereocenters. The number of aryl methyl sites for hydroxylation is 2. The number of para-hydroxylation sites is 1. The van der Waals surface area contributed by atoms with E-state index < -0.39 is 10.1 Å². The Bertz CT molecular complexity index is 1640. The molecule has 1 aromatic heterocycles. The van der Waals surface area contributed by atoms with Gasteiger partial charge in [0.05, 0.1) is 11.4 Å². The minimum Gasteiger partial charge on any atom is -0.379 e. The molecule has 0 aliphatic carbocycles. The van der Waals surface area contributed by atoms with Crippen LogP contribution in [0.2, 0.25) is 0 Å². The van der Waals surface area contributed by atoms with Gasteiger partial charge in [0.25, 0.3) is 0 Å². The molecule has 0 aliphatic rings. The van der Waals surface area contributed by atoms with Crippen LogP contribution in [-0.2, 0) is 10.1 Å². The summed E-state index contributed by atoms with van der Waals surface area (Å²) < 4.78 is 32.2. The van der Waals surface area contributed by atoms with Crippen LogP contribution in [-0.4, -0.2) is 24.4 Å². The summed E-state index contributed by atoms with van der Waals surface area (Å²) in [5.41, 5.74) is 5.68. The number of hydrogen-bond donors (Lipinski definition) is 0. The predicted molar refractivity (Wildman–Crippen MR) is 146 cm³/mol. The summed E-state index contributed by atoms with van der Waals surface area (Å²) in [5.74, 6) is 0.901. The van der Waals surface area contributed by atoms with E-state index in [0.717, 1.165) is 28.1 Å². The van der Waals surface area contributed by atoms with Crippen molar-refractivity contribution in [1.29, 1.82) is 0 Å². The van der Waals surface area contributed by atoms with E-state index in [9.17, 15) is 8.42 Å². The fourth-order valence-corrected chi connectivity index (χ4v) is 4.65. The SMILES string of the molecule is Cc1ccc(-c2cc(N=Cc3ccc(OS(=O)(=O)c4ccc(C)cc4)cc3)n(-c3ccccc3)n2)cc1. The summed E-state index contributed by atoms with van der Waals surface area (Å²) in [4.78, 5) is 4.81. The number of benzene rings is 4. The summed E-state index contributed by atoms with van der Waals surface area (Å²) in [6.45, 7) is 3.95. The van der Waals surface area contributed by atoms with E-state index in [0.29, 0.717) is 5.82 Å². The molecule has 0 saturated carbocycles. The number of aromatic nitrogens is 2. The van der Waals surface area contributed by atoms with Crippen LogP contribution in [0.5, 0.6) is 5.75 Å². The van der Waals surface area contributed by atoms with Crippen molar-refractivity contribution in [3.05, 3.63) is 126 Å². The molecular formula is C30H25N3O3S. The van der Waals surface area contributed by atoms with Crippen LogP contribution < -0.4 is 4.18 Å². The highest BCUT2D eigenvalue weighted by Crippen LogP contribution is 2.27. The van der Waals surface area contributed by atoms with Gasteiger partial charge in [-0.15, -0.1) is 0 Å². The molecule has 37 heavy (non-hydrogen) atoms. The van der Waals surface area contributed by atoms with Crippen LogP contribution >= 0.6 is 0 Å². The Morgan fingerprint density at radius 1 is 0.784 bits per heavy atom. The molecule has 184 valence electrons. The van der Waals surface area contributed by atoms with E-state index in [1.807, 2.05) is 55.5 Å². The van der Waals surface area contributed by atoms with Crippen LogP contribution in [0.3, 0.4) is 0 Å². The monoisotopic (exact) mass is 507 g/mol. The fraction of sp³-hybridized carbons (Fsp3) is 0.0667. The molecule has 0 atom stereocenters. The van der Waals surface area contributed by atoms with Gasteiger partial charge < -0.3 is 4.18 Å². The van der Waals surface area contributed by atoms with Crippen LogP contribution in [0.1, 0.15) is 16.7 Å². The molecule has 0 N–H and O–H groups in total. The lowest BCUT2D eigenvalue weighted by Crippen LogP contribution is -2.09. The molecule has 1 heterocycles. The van der Waals surface area contributed by atoms with Gasteiger partial charge in [0, 0.05) is 17.8 Å². The zero-order chi connectivity index (χ0) is 25.8. The van der Waals surface area contributed by atoms with Gasteiger partial charge in [-0.1, -0.05) is 65.7 Å². The van der Waals surface area contributed by atoms with Crippen molar-refractivity contribution in [2.24, 2.45) is 4.99 Å².